The molecule has 1 fully saturated rings. The number of rotatable bonds is 5. The van der Waals surface area contributed by atoms with E-state index in [1.807, 2.05) is 11.3 Å². The van der Waals surface area contributed by atoms with Crippen molar-refractivity contribution in [3.05, 3.63) is 29.3 Å². The summed E-state index contributed by atoms with van der Waals surface area (Å²) in [6.45, 7) is 7.99. The Bertz CT molecular complexity index is 540. The highest BCUT2D eigenvalue weighted by Crippen LogP contribution is 2.54. The Morgan fingerprint density at radius 1 is 1.42 bits per heavy atom. The van der Waals surface area contributed by atoms with Crippen LogP contribution in [0.3, 0.4) is 0 Å². The summed E-state index contributed by atoms with van der Waals surface area (Å²) in [5, 5.41) is 4.93. The van der Waals surface area contributed by atoms with Crippen LogP contribution in [0.25, 0.3) is 10.2 Å². The van der Waals surface area contributed by atoms with Crippen LogP contribution in [-0.4, -0.2) is 17.6 Å². The third kappa shape index (κ3) is 2.67. The maximum atomic E-state index is 4.77. The quantitative estimate of drug-likeness (QED) is 0.895. The Morgan fingerprint density at radius 3 is 2.79 bits per heavy atom. The van der Waals surface area contributed by atoms with E-state index < -0.39 is 0 Å². The Morgan fingerprint density at radius 2 is 2.16 bits per heavy atom. The van der Waals surface area contributed by atoms with E-state index in [0.29, 0.717) is 11.5 Å². The second-order valence-electron chi connectivity index (χ2n) is 6.24. The highest BCUT2D eigenvalue weighted by Gasteiger charge is 2.49. The van der Waals surface area contributed by atoms with Gasteiger partial charge in [0, 0.05) is 12.5 Å². The van der Waals surface area contributed by atoms with Crippen LogP contribution < -0.4 is 5.32 Å². The molecular formula is C16H22N2S. The fourth-order valence-corrected chi connectivity index (χ4v) is 4.03. The summed E-state index contributed by atoms with van der Waals surface area (Å²) in [6, 6.07) is 9.02. The normalized spacial score (nSPS) is 22.6. The summed E-state index contributed by atoms with van der Waals surface area (Å²) >= 11 is 1.85. The molecule has 0 spiro atoms. The van der Waals surface area contributed by atoms with Crippen molar-refractivity contribution in [3.8, 4) is 0 Å². The highest BCUT2D eigenvalue weighted by molar-refractivity contribution is 7.18. The Labute approximate surface area is 119 Å². The molecule has 0 saturated heterocycles. The largest absolute Gasteiger partial charge is 0.314 e. The van der Waals surface area contributed by atoms with Gasteiger partial charge < -0.3 is 5.32 Å². The van der Waals surface area contributed by atoms with Crippen LogP contribution in [0.15, 0.2) is 24.3 Å². The number of nitrogens with one attached hydrogen (secondary N) is 1. The molecule has 0 radical (unpaired) electrons. The standard InChI is InChI=1S/C16H22N2S/c1-4-17-13(11-10-16(11,2)3)9-15-18-12-7-5-6-8-14(12)19-15/h5-8,11,13,17H,4,9-10H2,1-3H3. The minimum absolute atomic E-state index is 0.517. The van der Waals surface area contributed by atoms with Gasteiger partial charge in [-0.3, -0.25) is 0 Å². The Balaban J connectivity index is 1.78. The second kappa shape index (κ2) is 4.88. The second-order valence-corrected chi connectivity index (χ2v) is 7.36. The minimum atomic E-state index is 0.517. The summed E-state index contributed by atoms with van der Waals surface area (Å²) in [4.78, 5) is 4.77. The predicted molar refractivity (Wildman–Crippen MR) is 82.7 cm³/mol. The molecule has 2 unspecified atom stereocenters. The van der Waals surface area contributed by atoms with E-state index in [9.17, 15) is 0 Å². The molecule has 0 bridgehead atoms. The van der Waals surface area contributed by atoms with E-state index in [-0.39, 0.29) is 0 Å². The molecule has 2 nitrogen and oxygen atoms in total. The number of thiazole rings is 1. The monoisotopic (exact) mass is 274 g/mol. The van der Waals surface area contributed by atoms with Crippen LogP contribution in [-0.2, 0) is 6.42 Å². The van der Waals surface area contributed by atoms with Crippen molar-refractivity contribution in [2.75, 3.05) is 6.54 Å². The maximum absolute atomic E-state index is 4.77. The van der Waals surface area contributed by atoms with Gasteiger partial charge in [0.15, 0.2) is 0 Å². The summed E-state index contributed by atoms with van der Waals surface area (Å²) in [6.07, 6.45) is 2.41. The van der Waals surface area contributed by atoms with Gasteiger partial charge in [0.05, 0.1) is 15.2 Å². The number of nitrogens with zero attached hydrogens (tertiary/aromatic N) is 1. The van der Waals surface area contributed by atoms with Gasteiger partial charge in [0.1, 0.15) is 0 Å². The van der Waals surface area contributed by atoms with Gasteiger partial charge in [0.2, 0.25) is 0 Å². The molecule has 1 aliphatic rings. The SMILES string of the molecule is CCNC(Cc1nc2ccccc2s1)C1CC1(C)C. The molecule has 0 amide bonds. The number of likely N-dealkylation sites (N-methyl/N-ethyl adjacent to an activating group) is 1. The Hall–Kier alpha value is -0.930. The molecule has 0 aliphatic heterocycles. The lowest BCUT2D eigenvalue weighted by Crippen LogP contribution is -2.34. The van der Waals surface area contributed by atoms with Crippen molar-refractivity contribution >= 4 is 21.6 Å². The molecular weight excluding hydrogens is 252 g/mol. The van der Waals surface area contributed by atoms with E-state index >= 15 is 0 Å². The third-order valence-corrected chi connectivity index (χ3v) is 5.33. The first kappa shape index (κ1) is 13.1. The van der Waals surface area contributed by atoms with Crippen molar-refractivity contribution < 1.29 is 0 Å². The van der Waals surface area contributed by atoms with Crippen molar-refractivity contribution in [1.82, 2.24) is 10.3 Å². The first-order valence-corrected chi connectivity index (χ1v) is 7.99. The molecule has 3 heteroatoms. The smallest absolute Gasteiger partial charge is 0.0954 e. The first-order chi connectivity index (χ1) is 9.10. The summed E-state index contributed by atoms with van der Waals surface area (Å²) in [5.74, 6) is 0.805. The van der Waals surface area contributed by atoms with E-state index in [1.165, 1.54) is 16.1 Å². The molecule has 1 aliphatic carbocycles. The van der Waals surface area contributed by atoms with Crippen LogP contribution in [0.4, 0.5) is 0 Å². The van der Waals surface area contributed by atoms with Gasteiger partial charge >= 0.3 is 0 Å². The Kier molecular flexibility index (Phi) is 3.35. The van der Waals surface area contributed by atoms with E-state index in [1.54, 1.807) is 0 Å². The first-order valence-electron chi connectivity index (χ1n) is 7.18. The minimum Gasteiger partial charge on any atom is -0.314 e. The molecule has 2 atom stereocenters. The van der Waals surface area contributed by atoms with E-state index in [0.717, 1.165) is 24.4 Å². The molecule has 1 aromatic carbocycles. The van der Waals surface area contributed by atoms with Gasteiger partial charge in [0.25, 0.3) is 0 Å². The lowest BCUT2D eigenvalue weighted by atomic mass is 10.0. The maximum Gasteiger partial charge on any atom is 0.0954 e. The molecule has 2 aromatic rings. The lowest BCUT2D eigenvalue weighted by Gasteiger charge is -2.18. The molecule has 1 heterocycles. The lowest BCUT2D eigenvalue weighted by molar-refractivity contribution is 0.409. The molecule has 3 rings (SSSR count). The molecule has 102 valence electrons. The van der Waals surface area contributed by atoms with Crippen LogP contribution >= 0.6 is 11.3 Å². The molecule has 1 saturated carbocycles. The fourth-order valence-electron chi connectivity index (χ4n) is 3.01. The van der Waals surface area contributed by atoms with Crippen molar-refractivity contribution in [3.63, 3.8) is 0 Å². The highest BCUT2D eigenvalue weighted by atomic mass is 32.1. The predicted octanol–water partition coefficient (Wildman–Crippen LogP) is 3.86. The van der Waals surface area contributed by atoms with E-state index in [2.05, 4.69) is 50.4 Å². The number of aromatic nitrogens is 1. The van der Waals surface area contributed by atoms with Crippen LogP contribution in [0.2, 0.25) is 0 Å². The van der Waals surface area contributed by atoms with Gasteiger partial charge in [-0.05, 0) is 36.4 Å². The number of hydrogen-bond donors (Lipinski definition) is 1. The van der Waals surface area contributed by atoms with Crippen LogP contribution in [0.1, 0.15) is 32.2 Å². The average Bonchev–Trinajstić information content (AvgIpc) is 2.84. The zero-order valence-electron chi connectivity index (χ0n) is 11.9. The molecule has 1 aromatic heterocycles. The zero-order valence-corrected chi connectivity index (χ0v) is 12.8. The van der Waals surface area contributed by atoms with E-state index in [4.69, 9.17) is 4.98 Å². The average molecular weight is 274 g/mol. The molecule has 19 heavy (non-hydrogen) atoms. The van der Waals surface area contributed by atoms with Crippen LogP contribution in [0, 0.1) is 11.3 Å². The zero-order chi connectivity index (χ0) is 13.5. The molecule has 1 N–H and O–H groups in total. The van der Waals surface area contributed by atoms with Crippen molar-refractivity contribution in [1.29, 1.82) is 0 Å². The summed E-state index contributed by atoms with van der Waals surface area (Å²) in [5.41, 5.74) is 1.66. The fraction of sp³-hybridized carbons (Fsp3) is 0.562. The topological polar surface area (TPSA) is 24.9 Å². The van der Waals surface area contributed by atoms with Gasteiger partial charge in [-0.25, -0.2) is 4.98 Å². The number of fused-ring (bicyclic) bond motifs is 1. The van der Waals surface area contributed by atoms with Gasteiger partial charge in [-0.1, -0.05) is 32.9 Å². The number of hydrogen-bond acceptors (Lipinski definition) is 3. The number of benzene rings is 1. The summed E-state index contributed by atoms with van der Waals surface area (Å²) < 4.78 is 1.31. The van der Waals surface area contributed by atoms with Crippen molar-refractivity contribution in [2.24, 2.45) is 11.3 Å². The van der Waals surface area contributed by atoms with Gasteiger partial charge in [-0.15, -0.1) is 11.3 Å². The third-order valence-electron chi connectivity index (χ3n) is 4.27. The van der Waals surface area contributed by atoms with Crippen LogP contribution in [0.5, 0.6) is 0 Å². The van der Waals surface area contributed by atoms with Gasteiger partial charge in [-0.2, -0.15) is 0 Å². The summed E-state index contributed by atoms with van der Waals surface area (Å²) in [7, 11) is 0. The number of para-hydroxylation sites is 1. The van der Waals surface area contributed by atoms with Crippen molar-refractivity contribution in [2.45, 2.75) is 39.7 Å².